The van der Waals surface area contributed by atoms with E-state index in [9.17, 15) is 15.0 Å². The Kier molecular flexibility index (Phi) is 8.87. The highest BCUT2D eigenvalue weighted by molar-refractivity contribution is 5.90. The maximum absolute atomic E-state index is 12.1. The van der Waals surface area contributed by atoms with E-state index in [4.69, 9.17) is 9.84 Å². The summed E-state index contributed by atoms with van der Waals surface area (Å²) in [5, 5.41) is 30.6. The predicted molar refractivity (Wildman–Crippen MR) is 147 cm³/mol. The zero-order valence-electron chi connectivity index (χ0n) is 23.1. The zero-order chi connectivity index (χ0) is 26.9. The molecule has 0 bridgehead atoms. The van der Waals surface area contributed by atoms with Crippen LogP contribution in [0.1, 0.15) is 85.0 Å². The van der Waals surface area contributed by atoms with Crippen LogP contribution in [0.2, 0.25) is 0 Å². The summed E-state index contributed by atoms with van der Waals surface area (Å²) in [5.74, 6) is 1.28. The van der Waals surface area contributed by atoms with Crippen molar-refractivity contribution in [2.45, 2.75) is 103 Å². The summed E-state index contributed by atoms with van der Waals surface area (Å²) >= 11 is 0. The number of hydrogen-bond acceptors (Lipinski definition) is 5. The molecule has 4 fully saturated rings. The molecule has 0 amide bonds. The van der Waals surface area contributed by atoms with Gasteiger partial charge in [0.2, 0.25) is 0 Å². The summed E-state index contributed by atoms with van der Waals surface area (Å²) in [7, 11) is 0. The summed E-state index contributed by atoms with van der Waals surface area (Å²) in [4.78, 5) is 12.1. The van der Waals surface area contributed by atoms with Crippen LogP contribution in [0.5, 0.6) is 0 Å². The number of rotatable bonds is 8. The molecule has 0 spiro atoms. The fourth-order valence-corrected chi connectivity index (χ4v) is 8.36. The molecule has 5 nitrogen and oxygen atoms in total. The lowest BCUT2D eigenvalue weighted by Gasteiger charge is -2.45. The van der Waals surface area contributed by atoms with Gasteiger partial charge in [-0.3, -0.25) is 0 Å². The second-order valence-corrected chi connectivity index (χ2v) is 12.5. The van der Waals surface area contributed by atoms with Gasteiger partial charge in [0.25, 0.3) is 0 Å². The minimum atomic E-state index is -0.763. The molecule has 0 unspecified atom stereocenters. The highest BCUT2D eigenvalue weighted by Gasteiger charge is 2.51. The molecule has 3 aliphatic carbocycles. The molecule has 3 saturated carbocycles. The van der Waals surface area contributed by atoms with Gasteiger partial charge in [0.15, 0.2) is 0 Å². The van der Waals surface area contributed by atoms with Crippen molar-refractivity contribution in [1.82, 2.24) is 0 Å². The summed E-state index contributed by atoms with van der Waals surface area (Å²) in [6.45, 7) is 15.1. The van der Waals surface area contributed by atoms with E-state index in [2.05, 4.69) is 46.1 Å². The number of aliphatic hydroxyl groups is 3. The maximum Gasteiger partial charge on any atom is 0.334 e. The van der Waals surface area contributed by atoms with Gasteiger partial charge >= 0.3 is 5.97 Å². The Morgan fingerprint density at radius 3 is 2.65 bits per heavy atom. The van der Waals surface area contributed by atoms with E-state index in [1.54, 1.807) is 0 Å². The Morgan fingerprint density at radius 2 is 1.95 bits per heavy atom. The summed E-state index contributed by atoms with van der Waals surface area (Å²) in [6, 6.07) is 0. The fraction of sp³-hybridized carbons (Fsp3) is 0.719. The number of carbonyl (C=O) groups excluding carboxylic acids is 1. The Hall–Kier alpha value is -1.69. The van der Waals surface area contributed by atoms with E-state index >= 15 is 0 Å². The number of aliphatic hydroxyl groups excluding tert-OH is 3. The van der Waals surface area contributed by atoms with Gasteiger partial charge in [0.1, 0.15) is 6.10 Å². The second-order valence-electron chi connectivity index (χ2n) is 12.5. The van der Waals surface area contributed by atoms with Crippen molar-refractivity contribution < 1.29 is 24.9 Å². The van der Waals surface area contributed by atoms with Gasteiger partial charge in [-0.05, 0) is 98.5 Å². The largest absolute Gasteiger partial charge is 0.458 e. The minimum Gasteiger partial charge on any atom is -0.458 e. The topological polar surface area (TPSA) is 87.0 Å². The van der Waals surface area contributed by atoms with Crippen LogP contribution in [-0.2, 0) is 9.53 Å². The molecule has 206 valence electrons. The maximum atomic E-state index is 12.1. The molecule has 0 aromatic rings. The van der Waals surface area contributed by atoms with Gasteiger partial charge in [-0.15, -0.1) is 0 Å². The Morgan fingerprint density at radius 1 is 1.19 bits per heavy atom. The molecule has 0 radical (unpaired) electrons. The lowest BCUT2D eigenvalue weighted by molar-refractivity contribution is -0.140. The smallest absolute Gasteiger partial charge is 0.334 e. The number of ether oxygens (including phenoxy) is 1. The van der Waals surface area contributed by atoms with Crippen molar-refractivity contribution in [3.05, 3.63) is 47.6 Å². The summed E-state index contributed by atoms with van der Waals surface area (Å²) < 4.78 is 5.74. The quantitative estimate of drug-likeness (QED) is 0.289. The number of fused-ring (bicyclic) bond motifs is 1. The second kappa shape index (κ2) is 11.6. The number of carbonyl (C=O) groups is 1. The molecule has 37 heavy (non-hydrogen) atoms. The zero-order valence-corrected chi connectivity index (χ0v) is 23.1. The lowest BCUT2D eigenvalue weighted by Crippen LogP contribution is -2.38. The molecule has 4 rings (SSSR count). The third kappa shape index (κ3) is 5.42. The highest BCUT2D eigenvalue weighted by atomic mass is 16.6. The van der Waals surface area contributed by atoms with Gasteiger partial charge in [0, 0.05) is 24.0 Å². The van der Waals surface area contributed by atoms with Crippen LogP contribution in [0.25, 0.3) is 0 Å². The molecule has 5 heteroatoms. The summed E-state index contributed by atoms with van der Waals surface area (Å²) in [6.07, 6.45) is 12.3. The first-order valence-corrected chi connectivity index (χ1v) is 14.6. The first-order chi connectivity index (χ1) is 17.6. The molecule has 1 heterocycles. The predicted octanol–water partition coefficient (Wildman–Crippen LogP) is 5.66. The summed E-state index contributed by atoms with van der Waals surface area (Å²) in [5.41, 5.74) is 4.02. The number of allylic oxidation sites excluding steroid dienone is 3. The van der Waals surface area contributed by atoms with Gasteiger partial charge in [0.05, 0.1) is 12.2 Å². The highest BCUT2D eigenvalue weighted by Crippen LogP contribution is 2.60. The third-order valence-corrected chi connectivity index (χ3v) is 10.5. The molecule has 3 N–H and O–H groups in total. The normalized spacial score (nSPS) is 41.4. The number of esters is 1. The first-order valence-electron chi connectivity index (χ1n) is 14.6. The van der Waals surface area contributed by atoms with E-state index in [1.807, 2.05) is 0 Å². The van der Waals surface area contributed by atoms with Crippen molar-refractivity contribution in [1.29, 1.82) is 0 Å². The molecular weight excluding hydrogens is 464 g/mol. The SMILES string of the molecule is C=C1C(=CC=C2CCC[C@]3(C)[C@@H]([C@H](C)C[C@@H]4OC(=O)C(=C)[C@H]4CC)CC[C@@H]23)C[C@@H](O)[C@H](CCCO)[C@@H]1O. The van der Waals surface area contributed by atoms with Crippen molar-refractivity contribution in [3.8, 4) is 0 Å². The van der Waals surface area contributed by atoms with Gasteiger partial charge < -0.3 is 20.1 Å². The van der Waals surface area contributed by atoms with Crippen LogP contribution in [-0.4, -0.2) is 46.2 Å². The van der Waals surface area contributed by atoms with Crippen molar-refractivity contribution in [2.75, 3.05) is 6.61 Å². The van der Waals surface area contributed by atoms with Crippen molar-refractivity contribution in [3.63, 3.8) is 0 Å². The average molecular weight is 513 g/mol. The molecule has 9 atom stereocenters. The molecule has 0 aromatic heterocycles. The molecule has 0 aromatic carbocycles. The van der Waals surface area contributed by atoms with Crippen LogP contribution >= 0.6 is 0 Å². The minimum absolute atomic E-state index is 0.0395. The Bertz CT molecular complexity index is 947. The Labute approximate surface area is 223 Å². The van der Waals surface area contributed by atoms with Crippen LogP contribution in [0.4, 0.5) is 0 Å². The standard InChI is InChI=1S/C32H48O5/c1-6-24-21(4)31(36)37-29(24)17-19(2)26-13-14-27-22(9-7-15-32(26,27)5)11-12-23-18-28(34)25(10-8-16-33)30(35)20(23)3/h11-12,19,24-30,33-35H,3-4,6-10,13-18H2,1-2,5H3/t19-,24-,25+,26-,27+,28-,29+,30-,32-/m1/s1. The lowest BCUT2D eigenvalue weighted by atomic mass is 9.60. The molecule has 1 saturated heterocycles. The van der Waals surface area contributed by atoms with E-state index in [1.165, 1.54) is 31.3 Å². The van der Waals surface area contributed by atoms with Gasteiger partial charge in [-0.2, -0.15) is 0 Å². The first kappa shape index (κ1) is 28.3. The van der Waals surface area contributed by atoms with Crippen molar-refractivity contribution >= 4 is 5.97 Å². The van der Waals surface area contributed by atoms with E-state index in [0.29, 0.717) is 48.2 Å². The van der Waals surface area contributed by atoms with Crippen molar-refractivity contribution in [2.24, 2.45) is 35.0 Å². The fourth-order valence-electron chi connectivity index (χ4n) is 8.36. The number of cyclic esters (lactones) is 1. The van der Waals surface area contributed by atoms with Crippen LogP contribution in [0.15, 0.2) is 47.6 Å². The van der Waals surface area contributed by atoms with Gasteiger partial charge in [-0.25, -0.2) is 4.79 Å². The number of hydrogen-bond donors (Lipinski definition) is 3. The molecule has 1 aliphatic heterocycles. The van der Waals surface area contributed by atoms with Gasteiger partial charge in [-0.1, -0.05) is 51.7 Å². The molecule has 4 aliphatic rings. The van der Waals surface area contributed by atoms with Crippen LogP contribution in [0, 0.1) is 35.0 Å². The van der Waals surface area contributed by atoms with E-state index in [-0.39, 0.29) is 35.9 Å². The average Bonchev–Trinajstić information content (AvgIpc) is 3.35. The van der Waals surface area contributed by atoms with E-state index < -0.39 is 12.2 Å². The Balaban J connectivity index is 1.46. The molecular formula is C32H48O5. The third-order valence-electron chi connectivity index (χ3n) is 10.5. The van der Waals surface area contributed by atoms with E-state index in [0.717, 1.165) is 24.8 Å². The van der Waals surface area contributed by atoms with Crippen LogP contribution < -0.4 is 0 Å². The van der Waals surface area contributed by atoms with Crippen LogP contribution in [0.3, 0.4) is 0 Å². The monoisotopic (exact) mass is 512 g/mol.